The molecule has 0 atom stereocenters. The minimum atomic E-state index is -2.39. The van der Waals surface area contributed by atoms with E-state index in [1.807, 2.05) is 7.05 Å². The molecule has 0 fully saturated rings. The molecule has 0 heterocycles. The Kier molecular flexibility index (Phi) is 11.6. The summed E-state index contributed by atoms with van der Waals surface area (Å²) in [6, 6.07) is 1.02. The van der Waals surface area contributed by atoms with Gasteiger partial charge in [-0.25, -0.2) is 0 Å². The van der Waals surface area contributed by atoms with E-state index in [0.717, 1.165) is 19.0 Å². The third-order valence-corrected chi connectivity index (χ3v) is 22.1. The van der Waals surface area contributed by atoms with Gasteiger partial charge in [-0.15, -0.1) is 0 Å². The van der Waals surface area contributed by atoms with Crippen LogP contribution in [-0.4, -0.2) is 78.4 Å². The highest BCUT2D eigenvalue weighted by molar-refractivity contribution is 6.90. The topological polar surface area (TPSA) is 77.5 Å². The predicted molar refractivity (Wildman–Crippen MR) is 137 cm³/mol. The molecule has 0 radical (unpaired) electrons. The van der Waals surface area contributed by atoms with Gasteiger partial charge in [0.15, 0.2) is 16.6 Å². The number of carbonyl (C=O) groups is 1. The van der Waals surface area contributed by atoms with E-state index in [-0.39, 0.29) is 6.42 Å². The molecule has 0 aromatic carbocycles. The Bertz CT molecular complexity index is 552. The molecule has 0 aliphatic rings. The van der Waals surface area contributed by atoms with Crippen LogP contribution in [0.4, 0.5) is 0 Å². The molecule has 12 heteroatoms. The van der Waals surface area contributed by atoms with E-state index in [2.05, 4.69) is 76.9 Å². The van der Waals surface area contributed by atoms with Gasteiger partial charge < -0.3 is 26.5 Å². The lowest BCUT2D eigenvalue weighted by Crippen LogP contribution is -2.58. The fourth-order valence-corrected chi connectivity index (χ4v) is 27.6. The van der Waals surface area contributed by atoms with Crippen LogP contribution in [-0.2, 0) is 21.3 Å². The maximum absolute atomic E-state index is 10.7. The first kappa shape index (κ1) is 30.4. The zero-order valence-electron chi connectivity index (χ0n) is 21.5. The second-order valence-corrected chi connectivity index (χ2v) is 30.9. The van der Waals surface area contributed by atoms with Crippen molar-refractivity contribution in [2.75, 3.05) is 20.1 Å². The maximum atomic E-state index is 10.7. The van der Waals surface area contributed by atoms with Gasteiger partial charge in [-0.1, -0.05) is 0 Å². The van der Waals surface area contributed by atoms with Gasteiger partial charge in [0.1, 0.15) is 0 Å². The van der Waals surface area contributed by atoms with Crippen molar-refractivity contribution in [3.63, 3.8) is 0 Å². The minimum absolute atomic E-state index is 0.183. The van der Waals surface area contributed by atoms with Crippen LogP contribution in [0.1, 0.15) is 12.8 Å². The van der Waals surface area contributed by atoms with E-state index >= 15 is 0 Å². The van der Waals surface area contributed by atoms with E-state index in [9.17, 15) is 4.79 Å². The highest BCUT2D eigenvalue weighted by atomic mass is 28.5. The number of nitrogens with zero attached hydrogens (tertiary/aromatic N) is 1. The lowest BCUT2D eigenvalue weighted by atomic mass is 10.3. The van der Waals surface area contributed by atoms with Crippen LogP contribution in [0.3, 0.4) is 0 Å². The van der Waals surface area contributed by atoms with Crippen molar-refractivity contribution >= 4 is 48.3 Å². The average molecular weight is 514 g/mol. The highest BCUT2D eigenvalue weighted by Gasteiger charge is 2.45. The van der Waals surface area contributed by atoms with Gasteiger partial charge in [0, 0.05) is 6.54 Å². The summed E-state index contributed by atoms with van der Waals surface area (Å²) in [5.41, 5.74) is 0. The van der Waals surface area contributed by atoms with Crippen LogP contribution in [0.2, 0.25) is 78.1 Å². The third-order valence-electron chi connectivity index (χ3n) is 4.08. The van der Waals surface area contributed by atoms with E-state index in [1.54, 1.807) is 0 Å². The molecule has 0 aromatic rings. The molecule has 0 unspecified atom stereocenters. The van der Waals surface area contributed by atoms with Crippen LogP contribution in [0.15, 0.2) is 0 Å². The van der Waals surface area contributed by atoms with Crippen molar-refractivity contribution in [2.45, 2.75) is 90.9 Å². The van der Waals surface area contributed by atoms with Crippen molar-refractivity contribution in [3.8, 4) is 0 Å². The maximum Gasteiger partial charge on any atom is 0.314 e. The summed E-state index contributed by atoms with van der Waals surface area (Å²) < 4.78 is 26.0. The molecule has 0 bridgehead atoms. The molecule has 1 N–H and O–H groups in total. The molecule has 0 aliphatic carbocycles. The third kappa shape index (κ3) is 16.1. The zero-order chi connectivity index (χ0) is 24.0. The van der Waals surface area contributed by atoms with Crippen molar-refractivity contribution in [3.05, 3.63) is 0 Å². The lowest BCUT2D eigenvalue weighted by molar-refractivity contribution is -0.137. The second kappa shape index (κ2) is 11.5. The van der Waals surface area contributed by atoms with E-state index in [4.69, 9.17) is 21.6 Å². The monoisotopic (exact) mass is 513 g/mol. The number of hydrogen-bond donors (Lipinski definition) is 1. The Morgan fingerprint density at radius 3 is 1.60 bits per heavy atom. The first-order valence-corrected chi connectivity index (χ1v) is 25.8. The SMILES string of the molecule is CN(CCC[Si](C)(C)O[Si](C)(C)O[Si](C)(C)O[Si](C)(C)O[Si](C)(C)C)CCC(=O)O. The molecule has 0 aliphatic heterocycles. The van der Waals surface area contributed by atoms with Gasteiger partial charge in [-0.05, 0) is 98.1 Å². The fourth-order valence-electron chi connectivity index (χ4n) is 3.87. The van der Waals surface area contributed by atoms with Crippen LogP contribution < -0.4 is 0 Å². The summed E-state index contributed by atoms with van der Waals surface area (Å²) in [5.74, 6) is -0.750. The Balaban J connectivity index is 4.73. The fraction of sp³-hybridized carbons (Fsp3) is 0.944. The Labute approximate surface area is 190 Å². The van der Waals surface area contributed by atoms with E-state index in [1.165, 1.54) is 0 Å². The summed E-state index contributed by atoms with van der Waals surface area (Å²) >= 11 is 0. The van der Waals surface area contributed by atoms with Gasteiger partial charge in [-0.2, -0.15) is 0 Å². The van der Waals surface area contributed by atoms with E-state index in [0.29, 0.717) is 6.54 Å². The number of carboxylic acid groups (broad SMARTS) is 1. The van der Waals surface area contributed by atoms with Crippen LogP contribution in [0, 0.1) is 0 Å². The molecule has 180 valence electrons. The first-order chi connectivity index (χ1) is 13.1. The quantitative estimate of drug-likeness (QED) is 0.309. The van der Waals surface area contributed by atoms with Crippen LogP contribution >= 0.6 is 0 Å². The smallest absolute Gasteiger partial charge is 0.314 e. The van der Waals surface area contributed by atoms with Gasteiger partial charge in [0.05, 0.1) is 6.42 Å². The summed E-state index contributed by atoms with van der Waals surface area (Å²) in [6.45, 7) is 25.2. The number of aliphatic carboxylic acids is 1. The van der Waals surface area contributed by atoms with E-state index < -0.39 is 48.3 Å². The van der Waals surface area contributed by atoms with Crippen LogP contribution in [0.25, 0.3) is 0 Å². The van der Waals surface area contributed by atoms with Crippen LogP contribution in [0.5, 0.6) is 0 Å². The number of hydrogen-bond acceptors (Lipinski definition) is 6. The number of rotatable bonds is 15. The van der Waals surface area contributed by atoms with Crippen molar-refractivity contribution < 1.29 is 26.4 Å². The zero-order valence-corrected chi connectivity index (χ0v) is 26.5. The molecule has 30 heavy (non-hydrogen) atoms. The summed E-state index contributed by atoms with van der Waals surface area (Å²) in [7, 11) is -8.60. The van der Waals surface area contributed by atoms with Gasteiger partial charge in [0.25, 0.3) is 0 Å². The summed E-state index contributed by atoms with van der Waals surface area (Å²) in [5, 5.41) is 8.80. The molecule has 0 saturated carbocycles. The molecule has 7 nitrogen and oxygen atoms in total. The molecular weight excluding hydrogens is 467 g/mol. The first-order valence-electron chi connectivity index (χ1n) is 10.8. The van der Waals surface area contributed by atoms with Crippen molar-refractivity contribution in [2.24, 2.45) is 0 Å². The summed E-state index contributed by atoms with van der Waals surface area (Å²) in [6.07, 6.45) is 1.18. The predicted octanol–water partition coefficient (Wildman–Crippen LogP) is 4.99. The van der Waals surface area contributed by atoms with Gasteiger partial charge >= 0.3 is 31.7 Å². The lowest BCUT2D eigenvalue weighted by Gasteiger charge is -2.42. The highest BCUT2D eigenvalue weighted by Crippen LogP contribution is 2.27. The summed E-state index contributed by atoms with van der Waals surface area (Å²) in [4.78, 5) is 12.8. The van der Waals surface area contributed by atoms with Crippen molar-refractivity contribution in [1.82, 2.24) is 4.90 Å². The average Bonchev–Trinajstić information content (AvgIpc) is 2.37. The van der Waals surface area contributed by atoms with Gasteiger partial charge in [0.2, 0.25) is 0 Å². The molecule has 0 saturated heterocycles. The second-order valence-electron chi connectivity index (χ2n) is 11.0. The molecular formula is C18H47NO6Si5. The Morgan fingerprint density at radius 2 is 1.17 bits per heavy atom. The largest absolute Gasteiger partial charge is 0.481 e. The molecule has 0 spiro atoms. The number of carboxylic acids is 1. The molecule has 0 rings (SSSR count). The minimum Gasteiger partial charge on any atom is -0.481 e. The normalized spacial score (nSPS) is 14.4. The van der Waals surface area contributed by atoms with Crippen molar-refractivity contribution in [1.29, 1.82) is 0 Å². The Hall–Kier alpha value is 0.354. The standard InChI is InChI=1S/C18H47NO6Si5/c1-19(16-14-18(20)21)15-13-17-27(5,6)23-29(9,10)25-30(11,12)24-28(7,8)22-26(2,3)4/h13-17H2,1-12H3,(H,20,21). The molecule has 0 aromatic heterocycles. The molecule has 0 amide bonds. The Morgan fingerprint density at radius 1 is 0.733 bits per heavy atom. The van der Waals surface area contributed by atoms with Gasteiger partial charge in [-0.3, -0.25) is 4.79 Å².